The summed E-state index contributed by atoms with van der Waals surface area (Å²) in [6.07, 6.45) is 0. The maximum Gasteiger partial charge on any atom is 0.135 e. The van der Waals surface area contributed by atoms with Gasteiger partial charge in [0, 0.05) is 13.1 Å². The van der Waals surface area contributed by atoms with Crippen molar-refractivity contribution in [3.8, 4) is 0 Å². The predicted octanol–water partition coefficient (Wildman–Crippen LogP) is 1.64. The van der Waals surface area contributed by atoms with Crippen LogP contribution in [-0.4, -0.2) is 14.7 Å². The van der Waals surface area contributed by atoms with Crippen molar-refractivity contribution in [3.05, 3.63) is 29.6 Å². The highest BCUT2D eigenvalue weighted by Crippen LogP contribution is 2.19. The van der Waals surface area contributed by atoms with Crippen molar-refractivity contribution >= 4 is 11.0 Å². The second-order valence-corrected chi connectivity index (χ2v) is 4.72. The monoisotopic (exact) mass is 233 g/mol. The number of aliphatic hydroxyl groups is 1. The van der Waals surface area contributed by atoms with E-state index in [0.29, 0.717) is 12.5 Å². The Bertz CT molecular complexity index is 517. The molecule has 0 spiro atoms. The molecule has 2 rings (SSSR count). The summed E-state index contributed by atoms with van der Waals surface area (Å²) in [7, 11) is 0. The number of fused-ring (bicyclic) bond motifs is 1. The van der Waals surface area contributed by atoms with Gasteiger partial charge in [0.2, 0.25) is 0 Å². The van der Waals surface area contributed by atoms with Gasteiger partial charge in [-0.25, -0.2) is 4.98 Å². The number of aromatic nitrogens is 2. The Morgan fingerprint density at radius 3 is 2.76 bits per heavy atom. The fraction of sp³-hybridized carbons (Fsp3) is 0.462. The second kappa shape index (κ2) is 4.85. The molecule has 0 radical (unpaired) electrons. The van der Waals surface area contributed by atoms with E-state index in [0.717, 1.165) is 29.0 Å². The fourth-order valence-corrected chi connectivity index (χ4v) is 2.04. The third-order valence-corrected chi connectivity index (χ3v) is 2.82. The summed E-state index contributed by atoms with van der Waals surface area (Å²) >= 11 is 0. The van der Waals surface area contributed by atoms with Gasteiger partial charge in [-0.1, -0.05) is 19.9 Å². The number of benzene rings is 1. The maximum absolute atomic E-state index is 9.35. The summed E-state index contributed by atoms with van der Waals surface area (Å²) in [4.78, 5) is 4.45. The number of hydrogen-bond acceptors (Lipinski definition) is 3. The molecule has 4 nitrogen and oxygen atoms in total. The molecule has 1 aromatic heterocycles. The average Bonchev–Trinajstić information content (AvgIpc) is 2.65. The summed E-state index contributed by atoms with van der Waals surface area (Å²) in [5.41, 5.74) is 8.66. The van der Waals surface area contributed by atoms with Crippen molar-refractivity contribution < 1.29 is 5.11 Å². The zero-order chi connectivity index (χ0) is 12.4. The lowest BCUT2D eigenvalue weighted by Gasteiger charge is -2.10. The number of aliphatic hydroxyl groups excluding tert-OH is 1. The van der Waals surface area contributed by atoms with Gasteiger partial charge in [0.15, 0.2) is 0 Å². The predicted molar refractivity (Wildman–Crippen MR) is 68.4 cm³/mol. The third kappa shape index (κ3) is 2.33. The van der Waals surface area contributed by atoms with Crippen LogP contribution in [0.25, 0.3) is 11.0 Å². The zero-order valence-corrected chi connectivity index (χ0v) is 10.3. The Morgan fingerprint density at radius 2 is 2.18 bits per heavy atom. The van der Waals surface area contributed by atoms with Crippen molar-refractivity contribution in [2.75, 3.05) is 0 Å². The van der Waals surface area contributed by atoms with Crippen LogP contribution in [0.2, 0.25) is 0 Å². The molecule has 17 heavy (non-hydrogen) atoms. The first-order valence-corrected chi connectivity index (χ1v) is 5.94. The Labute approximate surface area is 101 Å². The fourth-order valence-electron chi connectivity index (χ4n) is 2.04. The molecule has 0 aliphatic heterocycles. The molecule has 0 saturated carbocycles. The largest absolute Gasteiger partial charge is 0.388 e. The standard InChI is InChI=1S/C13H19N3O/c1-9(2)7-16-12-4-3-10(6-14)5-11(12)15-13(16)8-17/h3-5,9,17H,6-8,14H2,1-2H3. The van der Waals surface area contributed by atoms with Crippen LogP contribution in [0.15, 0.2) is 18.2 Å². The highest BCUT2D eigenvalue weighted by molar-refractivity contribution is 5.77. The Balaban J connectivity index is 2.55. The van der Waals surface area contributed by atoms with Gasteiger partial charge >= 0.3 is 0 Å². The van der Waals surface area contributed by atoms with Gasteiger partial charge in [0.25, 0.3) is 0 Å². The lowest BCUT2D eigenvalue weighted by molar-refractivity contribution is 0.263. The van der Waals surface area contributed by atoms with Crippen molar-refractivity contribution in [3.63, 3.8) is 0 Å². The highest BCUT2D eigenvalue weighted by Gasteiger charge is 2.11. The van der Waals surface area contributed by atoms with E-state index < -0.39 is 0 Å². The molecule has 0 bridgehead atoms. The van der Waals surface area contributed by atoms with Gasteiger partial charge in [-0.3, -0.25) is 0 Å². The minimum atomic E-state index is -0.0284. The molecule has 92 valence electrons. The van der Waals surface area contributed by atoms with Crippen LogP contribution in [0.5, 0.6) is 0 Å². The van der Waals surface area contributed by atoms with Crippen LogP contribution in [0.4, 0.5) is 0 Å². The zero-order valence-electron chi connectivity index (χ0n) is 10.3. The lowest BCUT2D eigenvalue weighted by Crippen LogP contribution is -2.08. The number of nitrogens with two attached hydrogens (primary N) is 1. The Kier molecular flexibility index (Phi) is 3.45. The molecule has 0 atom stereocenters. The minimum Gasteiger partial charge on any atom is -0.388 e. The number of imidazole rings is 1. The van der Waals surface area contributed by atoms with Crippen LogP contribution in [0.1, 0.15) is 25.2 Å². The molecular formula is C13H19N3O. The van der Waals surface area contributed by atoms with E-state index in [1.165, 1.54) is 0 Å². The van der Waals surface area contributed by atoms with E-state index in [1.807, 2.05) is 18.2 Å². The lowest BCUT2D eigenvalue weighted by atomic mass is 10.2. The molecule has 0 aliphatic carbocycles. The van der Waals surface area contributed by atoms with Gasteiger partial charge in [0.05, 0.1) is 11.0 Å². The van der Waals surface area contributed by atoms with Crippen molar-refractivity contribution in [2.45, 2.75) is 33.5 Å². The first-order valence-electron chi connectivity index (χ1n) is 5.94. The van der Waals surface area contributed by atoms with E-state index in [-0.39, 0.29) is 6.61 Å². The highest BCUT2D eigenvalue weighted by atomic mass is 16.3. The number of hydrogen-bond donors (Lipinski definition) is 2. The van der Waals surface area contributed by atoms with E-state index >= 15 is 0 Å². The maximum atomic E-state index is 9.35. The van der Waals surface area contributed by atoms with Crippen LogP contribution < -0.4 is 5.73 Å². The van der Waals surface area contributed by atoms with E-state index in [1.54, 1.807) is 0 Å². The summed E-state index contributed by atoms with van der Waals surface area (Å²) < 4.78 is 2.08. The first-order chi connectivity index (χ1) is 8.15. The topological polar surface area (TPSA) is 64.1 Å². The molecule has 0 fully saturated rings. The quantitative estimate of drug-likeness (QED) is 0.843. The SMILES string of the molecule is CC(C)Cn1c(CO)nc2cc(CN)ccc21. The van der Waals surface area contributed by atoms with Gasteiger partial charge in [-0.15, -0.1) is 0 Å². The Morgan fingerprint density at radius 1 is 1.41 bits per heavy atom. The second-order valence-electron chi connectivity index (χ2n) is 4.72. The number of rotatable bonds is 4. The summed E-state index contributed by atoms with van der Waals surface area (Å²) in [5, 5.41) is 9.35. The summed E-state index contributed by atoms with van der Waals surface area (Å²) in [6, 6.07) is 6.04. The van der Waals surface area contributed by atoms with E-state index in [9.17, 15) is 5.11 Å². The molecule has 2 aromatic rings. The smallest absolute Gasteiger partial charge is 0.135 e. The van der Waals surface area contributed by atoms with E-state index in [4.69, 9.17) is 5.73 Å². The van der Waals surface area contributed by atoms with Gasteiger partial charge in [-0.05, 0) is 23.6 Å². The number of nitrogens with zero attached hydrogens (tertiary/aromatic N) is 2. The third-order valence-electron chi connectivity index (χ3n) is 2.82. The molecule has 1 heterocycles. The van der Waals surface area contributed by atoms with Crippen molar-refractivity contribution in [1.29, 1.82) is 0 Å². The van der Waals surface area contributed by atoms with Gasteiger partial charge < -0.3 is 15.4 Å². The summed E-state index contributed by atoms with van der Waals surface area (Å²) in [5.74, 6) is 1.25. The first kappa shape index (κ1) is 12.1. The van der Waals surface area contributed by atoms with Gasteiger partial charge in [-0.2, -0.15) is 0 Å². The van der Waals surface area contributed by atoms with Crippen LogP contribution in [0.3, 0.4) is 0 Å². The summed E-state index contributed by atoms with van der Waals surface area (Å²) in [6.45, 7) is 5.66. The molecule has 0 saturated heterocycles. The van der Waals surface area contributed by atoms with Crippen LogP contribution in [0, 0.1) is 5.92 Å². The minimum absolute atomic E-state index is 0.0284. The Hall–Kier alpha value is -1.39. The molecule has 3 N–H and O–H groups in total. The molecule has 0 amide bonds. The van der Waals surface area contributed by atoms with E-state index in [2.05, 4.69) is 23.4 Å². The van der Waals surface area contributed by atoms with Crippen molar-refractivity contribution in [1.82, 2.24) is 9.55 Å². The van der Waals surface area contributed by atoms with Crippen LogP contribution >= 0.6 is 0 Å². The molecule has 1 aromatic carbocycles. The normalized spacial score (nSPS) is 11.6. The average molecular weight is 233 g/mol. The molecular weight excluding hydrogens is 214 g/mol. The molecule has 0 unspecified atom stereocenters. The molecule has 0 aliphatic rings. The van der Waals surface area contributed by atoms with Crippen LogP contribution in [-0.2, 0) is 19.7 Å². The van der Waals surface area contributed by atoms with Crippen molar-refractivity contribution in [2.24, 2.45) is 11.7 Å². The molecule has 4 heteroatoms. The van der Waals surface area contributed by atoms with Gasteiger partial charge in [0.1, 0.15) is 12.4 Å².